The molecule has 0 radical (unpaired) electrons. The van der Waals surface area contributed by atoms with E-state index < -0.39 is 60.8 Å². The normalized spacial score (nSPS) is 13.5. The number of aliphatic hydroxyl groups is 4. The average Bonchev–Trinajstić information content (AvgIpc) is 3.28. The van der Waals surface area contributed by atoms with Crippen LogP contribution < -0.4 is 10.6 Å². The summed E-state index contributed by atoms with van der Waals surface area (Å²) in [6.07, 6.45) is 0. The molecule has 7 nitrogen and oxygen atoms in total. The molecule has 7 N–H and O–H groups in total. The molecule has 0 saturated heterocycles. The molecule has 6 aromatic rings. The fraction of sp³-hybridized carbons (Fsp3) is 0.321. The number of aliphatic hydroxyl groups excluding tert-OH is 4. The Balaban J connectivity index is 0.000000703. The van der Waals surface area contributed by atoms with Gasteiger partial charge in [-0.1, -0.05) is 0 Å². The Morgan fingerprint density at radius 3 is 0.803 bits per heavy atom. The van der Waals surface area contributed by atoms with Crippen LogP contribution in [0.3, 0.4) is 0 Å². The summed E-state index contributed by atoms with van der Waals surface area (Å²) in [4.78, 5) is 38.9. The van der Waals surface area contributed by atoms with E-state index in [1.165, 1.54) is 0 Å². The van der Waals surface area contributed by atoms with Crippen molar-refractivity contribution in [1.82, 2.24) is 0 Å². The predicted octanol–water partition coefficient (Wildman–Crippen LogP) is 8.16. The first-order valence-electron chi connectivity index (χ1n) is 20.8. The summed E-state index contributed by atoms with van der Waals surface area (Å²) in [5, 5.41) is 34.3. The molecule has 8 heteroatoms. The number of rotatable bonds is 14. The van der Waals surface area contributed by atoms with Crippen LogP contribution in [0, 0.1) is 5.41 Å². The van der Waals surface area contributed by atoms with Crippen LogP contribution in [0.15, 0.2) is 158 Å². The monoisotopic (exact) mass is 844 g/mol. The van der Waals surface area contributed by atoms with Gasteiger partial charge < -0.3 is 20.4 Å². The molecular weight excluding hydrogens is 780 g/mol. The molecule has 0 aromatic heterocycles. The Labute approximate surface area is 362 Å². The second-order valence-electron chi connectivity index (χ2n) is 18.5. The minimum atomic E-state index is -5.88. The molecule has 6 rings (SSSR count). The van der Waals surface area contributed by atoms with Gasteiger partial charge in [0.1, 0.15) is 0 Å². The van der Waals surface area contributed by atoms with Gasteiger partial charge in [0.25, 0.3) is 0 Å². The zero-order valence-corrected chi connectivity index (χ0v) is 37.8. The van der Waals surface area contributed by atoms with Crippen molar-refractivity contribution in [3.63, 3.8) is 0 Å². The molecule has 0 aliphatic rings. The van der Waals surface area contributed by atoms with E-state index in [1.54, 1.807) is 12.1 Å². The van der Waals surface area contributed by atoms with E-state index in [-0.39, 0.29) is 10.6 Å². The first-order chi connectivity index (χ1) is 28.6. The third-order valence-corrected chi connectivity index (χ3v) is 15.5. The Bertz CT molecular complexity index is 2170. The van der Waals surface area contributed by atoms with Crippen molar-refractivity contribution in [2.75, 3.05) is 26.4 Å². The molecule has 0 aliphatic heterocycles. The summed E-state index contributed by atoms with van der Waals surface area (Å²) < 4.78 is 0. The summed E-state index contributed by atoms with van der Waals surface area (Å²) in [5.74, 6) is 0. The topological polar surface area (TPSA) is 142 Å². The predicted molar refractivity (Wildman–Crippen MR) is 251 cm³/mol. The fourth-order valence-electron chi connectivity index (χ4n) is 8.06. The smallest absolute Gasteiger partial charge is 0.0627 e. The molecule has 0 atom stereocenters. The molecule has 0 amide bonds. The fourth-order valence-corrected chi connectivity index (χ4v) is 10.6. The van der Waals surface area contributed by atoms with Crippen molar-refractivity contribution >= 4 is 17.9 Å². The third kappa shape index (κ3) is 9.46. The Morgan fingerprint density at radius 2 is 0.574 bits per heavy atom. The van der Waals surface area contributed by atoms with Crippen LogP contribution in [0.1, 0.15) is 99.9 Å². The van der Waals surface area contributed by atoms with Crippen LogP contribution in [0.25, 0.3) is 0 Å². The quantitative estimate of drug-likeness (QED) is 0.0549. The van der Waals surface area contributed by atoms with Gasteiger partial charge in [-0.3, -0.25) is 0 Å². The first kappa shape index (κ1) is 47.5. The van der Waals surface area contributed by atoms with Gasteiger partial charge in [0, 0.05) is 0 Å². The van der Waals surface area contributed by atoms with E-state index in [0.717, 1.165) is 33.4 Å². The summed E-state index contributed by atoms with van der Waals surface area (Å²) in [6, 6.07) is 52.5. The Kier molecular flexibility index (Phi) is 14.1. The number of hydrogen-bond donors (Lipinski definition) is 7. The van der Waals surface area contributed by atoms with Crippen molar-refractivity contribution in [2.24, 2.45) is 5.41 Å². The van der Waals surface area contributed by atoms with Gasteiger partial charge in [-0.05, 0) is 0 Å². The van der Waals surface area contributed by atoms with Crippen molar-refractivity contribution in [1.29, 1.82) is 0 Å². The van der Waals surface area contributed by atoms with E-state index in [4.69, 9.17) is 20.4 Å². The molecule has 0 unspecified atom stereocenters. The molecule has 324 valence electrons. The molecule has 0 saturated carbocycles. The van der Waals surface area contributed by atoms with Crippen molar-refractivity contribution in [3.05, 3.63) is 202 Å². The minimum Gasteiger partial charge on any atom is -0.396 e. The van der Waals surface area contributed by atoms with E-state index >= 15 is 0 Å². The summed E-state index contributed by atoms with van der Waals surface area (Å²) in [6.45, 7) is 15.5. The van der Waals surface area contributed by atoms with Crippen LogP contribution in [0.2, 0.25) is 0 Å². The van der Waals surface area contributed by atoms with Gasteiger partial charge in [0.15, 0.2) is 0 Å². The third-order valence-electron chi connectivity index (χ3n) is 13.0. The second-order valence-corrected chi connectivity index (χ2v) is 21.5. The summed E-state index contributed by atoms with van der Waals surface area (Å²) in [5.41, 5.74) is 4.33. The van der Waals surface area contributed by atoms with Gasteiger partial charge in [-0.15, -0.1) is 0 Å². The molecule has 0 fully saturated rings. The molecule has 61 heavy (non-hydrogen) atoms. The van der Waals surface area contributed by atoms with Gasteiger partial charge in [0.05, 0.1) is 31.8 Å². The molecule has 0 aliphatic carbocycles. The molecular formula is C53H65O7P. The maximum absolute atomic E-state index is 13.0. The zero-order chi connectivity index (χ0) is 44.9. The van der Waals surface area contributed by atoms with Crippen LogP contribution in [-0.2, 0) is 21.7 Å². The van der Waals surface area contributed by atoms with Gasteiger partial charge in [0.2, 0.25) is 0 Å². The average molecular weight is 845 g/mol. The first-order valence-corrected chi connectivity index (χ1v) is 22.9. The van der Waals surface area contributed by atoms with Crippen molar-refractivity contribution < 1.29 is 35.1 Å². The maximum atomic E-state index is 13.0. The van der Waals surface area contributed by atoms with E-state index in [1.807, 2.05) is 84.9 Å². The van der Waals surface area contributed by atoms with Crippen molar-refractivity contribution in [3.8, 4) is 0 Å². The van der Waals surface area contributed by atoms with Crippen LogP contribution in [0.4, 0.5) is 0 Å². The SMILES string of the molecule is CC(C)(c1ccccc1)c1ccc(P(O)(O)(O)c2ccc(C(C)(C)c3ccccc3)cc2C(C)(C)c2ccccc2)c(C(C)(C)c2ccccc2)c1.OCC(CO)(CO)CO. The second kappa shape index (κ2) is 18.1. The molecule has 6 aromatic carbocycles. The van der Waals surface area contributed by atoms with E-state index in [0.29, 0.717) is 11.1 Å². The van der Waals surface area contributed by atoms with Gasteiger partial charge >= 0.3 is 312 Å². The number of hydrogen-bond acceptors (Lipinski definition) is 7. The molecule has 0 heterocycles. The van der Waals surface area contributed by atoms with Gasteiger partial charge in [-0.25, -0.2) is 0 Å². The minimum absolute atomic E-state index is 0.146. The van der Waals surface area contributed by atoms with E-state index in [9.17, 15) is 14.7 Å². The molecule has 0 spiro atoms. The van der Waals surface area contributed by atoms with Crippen LogP contribution >= 0.6 is 7.28 Å². The summed E-state index contributed by atoms with van der Waals surface area (Å²) in [7, 11) is -5.88. The Morgan fingerprint density at radius 1 is 0.328 bits per heavy atom. The van der Waals surface area contributed by atoms with Crippen LogP contribution in [-0.4, -0.2) is 61.5 Å². The summed E-state index contributed by atoms with van der Waals surface area (Å²) >= 11 is 0. The maximum Gasteiger partial charge on any atom is 0.0627 e. The van der Waals surface area contributed by atoms with E-state index in [2.05, 4.69) is 116 Å². The number of benzene rings is 6. The van der Waals surface area contributed by atoms with Crippen molar-refractivity contribution in [2.45, 2.75) is 77.0 Å². The Hall–Kier alpha value is -4.53. The van der Waals surface area contributed by atoms with Gasteiger partial charge in [-0.2, -0.15) is 0 Å². The largest absolute Gasteiger partial charge is 0.396 e. The molecule has 0 bridgehead atoms. The standard InChI is InChI=1S/C48H53O3P.C5H12O4/c1-45(2,35-21-13-9-14-22-35)39-29-31-43(41(33-39)47(5,6)37-25-17-11-18-26-37)52(49,50,51)44-32-30-40(46(3,4)36-23-15-10-16-24-36)34-42(44)48(7,8)38-27-19-12-20-28-38;6-1-5(2-7,3-8)4-9/h9-34,49-51H,1-8H3;6-9H,1-4H2. The van der Waals surface area contributed by atoms with Crippen LogP contribution in [0.5, 0.6) is 0 Å². The zero-order valence-electron chi connectivity index (χ0n) is 36.9.